The minimum absolute atomic E-state index is 0.296. The van der Waals surface area contributed by atoms with Crippen molar-refractivity contribution >= 4 is 11.7 Å². The van der Waals surface area contributed by atoms with Crippen LogP contribution in [-0.4, -0.2) is 37.1 Å². The number of hydrogen-bond acceptors (Lipinski definition) is 4. The first kappa shape index (κ1) is 16.5. The third-order valence-electron chi connectivity index (χ3n) is 4.54. The topological polar surface area (TPSA) is 41.6 Å². The molecule has 0 aliphatic carbocycles. The Morgan fingerprint density at radius 3 is 2.79 bits per heavy atom. The van der Waals surface area contributed by atoms with Gasteiger partial charge in [-0.3, -0.25) is 4.90 Å². The third-order valence-corrected chi connectivity index (χ3v) is 4.54. The van der Waals surface area contributed by atoms with Gasteiger partial charge >= 0.3 is 5.97 Å². The van der Waals surface area contributed by atoms with Gasteiger partial charge in [0.05, 0.1) is 12.7 Å². The van der Waals surface area contributed by atoms with Crippen LogP contribution in [0.2, 0.25) is 0 Å². The summed E-state index contributed by atoms with van der Waals surface area (Å²) in [5.41, 5.74) is 4.10. The lowest BCUT2D eigenvalue weighted by Gasteiger charge is -2.19. The lowest BCUT2D eigenvalue weighted by atomic mass is 10.1. The molecule has 0 radical (unpaired) electrons. The molecule has 4 nitrogen and oxygen atoms in total. The van der Waals surface area contributed by atoms with E-state index in [2.05, 4.69) is 47.5 Å². The Labute approximate surface area is 143 Å². The molecule has 1 fully saturated rings. The van der Waals surface area contributed by atoms with Crippen molar-refractivity contribution in [3.8, 4) is 0 Å². The summed E-state index contributed by atoms with van der Waals surface area (Å²) < 4.78 is 4.81. The molecule has 126 valence electrons. The smallest absolute Gasteiger partial charge is 0.337 e. The second kappa shape index (κ2) is 7.49. The lowest BCUT2D eigenvalue weighted by molar-refractivity contribution is 0.0601. The van der Waals surface area contributed by atoms with Gasteiger partial charge in [0.2, 0.25) is 0 Å². The number of rotatable bonds is 5. The highest BCUT2D eigenvalue weighted by Gasteiger charge is 2.23. The molecule has 2 aromatic carbocycles. The van der Waals surface area contributed by atoms with Gasteiger partial charge in [0, 0.05) is 31.4 Å². The SMILES string of the molecule is COC(=O)c1ccc(C)c(NC2CCN(Cc3ccccc3)C2)c1. The van der Waals surface area contributed by atoms with Crippen molar-refractivity contribution in [3.63, 3.8) is 0 Å². The van der Waals surface area contributed by atoms with Gasteiger partial charge in [-0.2, -0.15) is 0 Å². The van der Waals surface area contributed by atoms with E-state index in [-0.39, 0.29) is 5.97 Å². The fourth-order valence-corrected chi connectivity index (χ4v) is 3.18. The van der Waals surface area contributed by atoms with Gasteiger partial charge in [-0.05, 0) is 36.6 Å². The molecule has 1 aliphatic heterocycles. The van der Waals surface area contributed by atoms with Crippen LogP contribution in [0.4, 0.5) is 5.69 Å². The normalized spacial score (nSPS) is 17.7. The fraction of sp³-hybridized carbons (Fsp3) is 0.350. The molecular formula is C20H24N2O2. The first-order chi connectivity index (χ1) is 11.7. The lowest BCUT2D eigenvalue weighted by Crippen LogP contribution is -2.26. The first-order valence-electron chi connectivity index (χ1n) is 8.37. The van der Waals surface area contributed by atoms with Crippen LogP contribution in [0, 0.1) is 6.92 Å². The molecule has 0 bridgehead atoms. The van der Waals surface area contributed by atoms with Gasteiger partial charge in [0.15, 0.2) is 0 Å². The molecule has 4 heteroatoms. The summed E-state index contributed by atoms with van der Waals surface area (Å²) in [5, 5.41) is 3.59. The Hall–Kier alpha value is -2.33. The summed E-state index contributed by atoms with van der Waals surface area (Å²) in [4.78, 5) is 14.2. The summed E-state index contributed by atoms with van der Waals surface area (Å²) in [5.74, 6) is -0.296. The van der Waals surface area contributed by atoms with Gasteiger partial charge in [-0.15, -0.1) is 0 Å². The number of aryl methyl sites for hydroxylation is 1. The van der Waals surface area contributed by atoms with Crippen molar-refractivity contribution in [1.29, 1.82) is 0 Å². The van der Waals surface area contributed by atoms with Gasteiger partial charge < -0.3 is 10.1 Å². The highest BCUT2D eigenvalue weighted by molar-refractivity contribution is 5.90. The molecule has 24 heavy (non-hydrogen) atoms. The maximum absolute atomic E-state index is 11.7. The zero-order chi connectivity index (χ0) is 16.9. The maximum atomic E-state index is 11.7. The number of carbonyl (C=O) groups excluding carboxylic acids is 1. The van der Waals surface area contributed by atoms with Gasteiger partial charge in [-0.25, -0.2) is 4.79 Å². The standard InChI is InChI=1S/C20H24N2O2/c1-15-8-9-17(20(23)24-2)12-19(15)21-18-10-11-22(14-18)13-16-6-4-3-5-7-16/h3-9,12,18,21H,10-11,13-14H2,1-2H3. The van der Waals surface area contributed by atoms with Crippen molar-refractivity contribution in [3.05, 3.63) is 65.2 Å². The number of ether oxygens (including phenoxy) is 1. The molecule has 1 aliphatic rings. The first-order valence-corrected chi connectivity index (χ1v) is 8.37. The average Bonchev–Trinajstić information content (AvgIpc) is 3.04. The van der Waals surface area contributed by atoms with Crippen LogP contribution in [0.15, 0.2) is 48.5 Å². The summed E-state index contributed by atoms with van der Waals surface area (Å²) in [6, 6.07) is 16.6. The minimum atomic E-state index is -0.296. The number of nitrogens with zero attached hydrogens (tertiary/aromatic N) is 1. The van der Waals surface area contributed by atoms with Gasteiger partial charge in [0.1, 0.15) is 0 Å². The molecular weight excluding hydrogens is 300 g/mol. The Balaban J connectivity index is 1.62. The van der Waals surface area contributed by atoms with E-state index in [4.69, 9.17) is 4.74 Å². The quantitative estimate of drug-likeness (QED) is 0.855. The molecule has 1 heterocycles. The van der Waals surface area contributed by atoms with Crippen LogP contribution in [0.1, 0.15) is 27.9 Å². The van der Waals surface area contributed by atoms with E-state index in [0.29, 0.717) is 11.6 Å². The van der Waals surface area contributed by atoms with Crippen LogP contribution in [0.5, 0.6) is 0 Å². The van der Waals surface area contributed by atoms with E-state index >= 15 is 0 Å². The second-order valence-electron chi connectivity index (χ2n) is 6.37. The Bertz CT molecular complexity index is 700. The second-order valence-corrected chi connectivity index (χ2v) is 6.37. The number of anilines is 1. The third kappa shape index (κ3) is 3.95. The molecule has 2 aromatic rings. The number of methoxy groups -OCH3 is 1. The summed E-state index contributed by atoms with van der Waals surface area (Å²) in [6.45, 7) is 5.14. The van der Waals surface area contributed by atoms with E-state index in [9.17, 15) is 4.79 Å². The molecule has 0 amide bonds. The summed E-state index contributed by atoms with van der Waals surface area (Å²) in [7, 11) is 1.41. The van der Waals surface area contributed by atoms with Crippen molar-refractivity contribution in [2.45, 2.75) is 25.9 Å². The van der Waals surface area contributed by atoms with Crippen LogP contribution >= 0.6 is 0 Å². The maximum Gasteiger partial charge on any atom is 0.337 e. The molecule has 0 saturated carbocycles. The van der Waals surface area contributed by atoms with Crippen molar-refractivity contribution in [2.24, 2.45) is 0 Å². The molecule has 1 atom stereocenters. The van der Waals surface area contributed by atoms with E-state index in [0.717, 1.165) is 37.3 Å². The van der Waals surface area contributed by atoms with Gasteiger partial charge in [-0.1, -0.05) is 36.4 Å². The zero-order valence-electron chi connectivity index (χ0n) is 14.3. The Kier molecular flexibility index (Phi) is 5.16. The highest BCUT2D eigenvalue weighted by Crippen LogP contribution is 2.22. The Morgan fingerprint density at radius 1 is 1.25 bits per heavy atom. The number of esters is 1. The molecule has 1 N–H and O–H groups in total. The van der Waals surface area contributed by atoms with E-state index < -0.39 is 0 Å². The number of carbonyl (C=O) groups is 1. The van der Waals surface area contributed by atoms with Crippen molar-refractivity contribution in [1.82, 2.24) is 4.90 Å². The van der Waals surface area contributed by atoms with E-state index in [1.807, 2.05) is 18.2 Å². The fourth-order valence-electron chi connectivity index (χ4n) is 3.18. The van der Waals surface area contributed by atoms with Gasteiger partial charge in [0.25, 0.3) is 0 Å². The van der Waals surface area contributed by atoms with E-state index in [1.165, 1.54) is 12.7 Å². The summed E-state index contributed by atoms with van der Waals surface area (Å²) >= 11 is 0. The predicted octanol–water partition coefficient (Wildman–Crippen LogP) is 3.47. The number of hydrogen-bond donors (Lipinski definition) is 1. The monoisotopic (exact) mass is 324 g/mol. The molecule has 0 aromatic heterocycles. The summed E-state index contributed by atoms with van der Waals surface area (Å²) in [6.07, 6.45) is 1.11. The van der Waals surface area contributed by atoms with Crippen molar-refractivity contribution in [2.75, 3.05) is 25.5 Å². The van der Waals surface area contributed by atoms with Crippen molar-refractivity contribution < 1.29 is 9.53 Å². The molecule has 3 rings (SSSR count). The highest BCUT2D eigenvalue weighted by atomic mass is 16.5. The average molecular weight is 324 g/mol. The number of benzene rings is 2. The number of likely N-dealkylation sites (tertiary alicyclic amines) is 1. The predicted molar refractivity (Wildman–Crippen MR) is 96.3 cm³/mol. The van der Waals surface area contributed by atoms with Crippen LogP contribution in [0.25, 0.3) is 0 Å². The largest absolute Gasteiger partial charge is 0.465 e. The van der Waals surface area contributed by atoms with Crippen LogP contribution < -0.4 is 5.32 Å². The molecule has 1 unspecified atom stereocenters. The van der Waals surface area contributed by atoms with Crippen LogP contribution in [-0.2, 0) is 11.3 Å². The van der Waals surface area contributed by atoms with Crippen LogP contribution in [0.3, 0.4) is 0 Å². The molecule has 0 spiro atoms. The van der Waals surface area contributed by atoms with E-state index in [1.54, 1.807) is 0 Å². The Morgan fingerprint density at radius 2 is 2.04 bits per heavy atom. The minimum Gasteiger partial charge on any atom is -0.465 e. The zero-order valence-corrected chi connectivity index (χ0v) is 14.3. The number of nitrogens with one attached hydrogen (secondary N) is 1. The molecule has 1 saturated heterocycles.